The van der Waals surface area contributed by atoms with Gasteiger partial charge < -0.3 is 0 Å². The first-order chi connectivity index (χ1) is 6.11. The van der Waals surface area contributed by atoms with E-state index in [0.717, 1.165) is 6.04 Å². The van der Waals surface area contributed by atoms with Crippen molar-refractivity contribution in [3.8, 4) is 0 Å². The first-order valence-corrected chi connectivity index (χ1v) is 5.63. The van der Waals surface area contributed by atoms with Gasteiger partial charge in [0.1, 0.15) is 0 Å². The lowest BCUT2D eigenvalue weighted by Crippen LogP contribution is -2.43. The van der Waals surface area contributed by atoms with Gasteiger partial charge in [0, 0.05) is 18.6 Å². The molecule has 0 spiro atoms. The van der Waals surface area contributed by atoms with Crippen molar-refractivity contribution in [1.82, 2.24) is 9.80 Å². The second kappa shape index (κ2) is 4.43. The van der Waals surface area contributed by atoms with Gasteiger partial charge in [-0.15, -0.1) is 0 Å². The molecule has 2 atom stereocenters. The van der Waals surface area contributed by atoms with E-state index in [1.165, 1.54) is 19.5 Å². The minimum absolute atomic E-state index is 0.677. The molecule has 0 bridgehead atoms. The smallest absolute Gasteiger partial charge is 0.0625 e. The molecule has 0 aromatic heterocycles. The summed E-state index contributed by atoms with van der Waals surface area (Å²) < 4.78 is 0. The predicted octanol–water partition coefficient (Wildman–Crippen LogP) is 2.16. The van der Waals surface area contributed by atoms with E-state index in [2.05, 4.69) is 44.4 Å². The van der Waals surface area contributed by atoms with E-state index in [1.54, 1.807) is 0 Å². The Bertz CT molecular complexity index is 156. The molecule has 0 radical (unpaired) electrons. The quantitative estimate of drug-likeness (QED) is 0.663. The van der Waals surface area contributed by atoms with Gasteiger partial charge in [0.15, 0.2) is 0 Å². The standard InChI is InChI=1S/C11H24N2/c1-6-11-12(7-2)8-10(5)13(11)9(3)4/h9-11H,6-8H2,1-5H3/t10-,11?/m0/s1. The number of hydrogen-bond donors (Lipinski definition) is 0. The molecule has 0 N–H and O–H groups in total. The predicted molar refractivity (Wildman–Crippen MR) is 57.8 cm³/mol. The number of nitrogens with zero attached hydrogens (tertiary/aromatic N) is 2. The van der Waals surface area contributed by atoms with E-state index >= 15 is 0 Å². The normalized spacial score (nSPS) is 31.8. The van der Waals surface area contributed by atoms with Crippen LogP contribution in [-0.2, 0) is 0 Å². The zero-order chi connectivity index (χ0) is 10.0. The third kappa shape index (κ3) is 2.05. The van der Waals surface area contributed by atoms with Crippen LogP contribution in [-0.4, -0.2) is 41.1 Å². The SMILES string of the molecule is CCC1N(CC)C[C@H](C)N1C(C)C. The maximum Gasteiger partial charge on any atom is 0.0625 e. The molecule has 1 unspecified atom stereocenters. The van der Waals surface area contributed by atoms with Crippen molar-refractivity contribution in [3.63, 3.8) is 0 Å². The Hall–Kier alpha value is -0.0800. The minimum atomic E-state index is 0.677. The Morgan fingerprint density at radius 1 is 1.31 bits per heavy atom. The molecule has 0 aromatic rings. The molecule has 78 valence electrons. The molecule has 1 heterocycles. The van der Waals surface area contributed by atoms with E-state index in [0.29, 0.717) is 12.2 Å². The highest BCUT2D eigenvalue weighted by atomic mass is 15.4. The second-order valence-corrected chi connectivity index (χ2v) is 4.37. The van der Waals surface area contributed by atoms with Crippen LogP contribution in [0.1, 0.15) is 41.0 Å². The molecule has 2 nitrogen and oxygen atoms in total. The third-order valence-electron chi connectivity index (χ3n) is 3.14. The Kier molecular flexibility index (Phi) is 3.74. The summed E-state index contributed by atoms with van der Waals surface area (Å²) in [6.45, 7) is 13.9. The third-order valence-corrected chi connectivity index (χ3v) is 3.14. The molecular formula is C11H24N2. The topological polar surface area (TPSA) is 6.48 Å². The van der Waals surface area contributed by atoms with Gasteiger partial charge in [-0.3, -0.25) is 9.80 Å². The fraction of sp³-hybridized carbons (Fsp3) is 1.00. The van der Waals surface area contributed by atoms with Crippen molar-refractivity contribution in [2.24, 2.45) is 0 Å². The van der Waals surface area contributed by atoms with Crippen LogP contribution in [0.2, 0.25) is 0 Å². The highest BCUT2D eigenvalue weighted by Crippen LogP contribution is 2.24. The van der Waals surface area contributed by atoms with Crippen LogP contribution in [0, 0.1) is 0 Å². The molecule has 1 aliphatic rings. The molecule has 13 heavy (non-hydrogen) atoms. The summed E-state index contributed by atoms with van der Waals surface area (Å²) in [6, 6.07) is 1.40. The lowest BCUT2D eigenvalue weighted by atomic mass is 10.2. The summed E-state index contributed by atoms with van der Waals surface area (Å²) in [5.74, 6) is 0. The van der Waals surface area contributed by atoms with Crippen LogP contribution in [0.3, 0.4) is 0 Å². The van der Waals surface area contributed by atoms with Crippen LogP contribution in [0.4, 0.5) is 0 Å². The van der Waals surface area contributed by atoms with Gasteiger partial charge in [-0.1, -0.05) is 13.8 Å². The maximum atomic E-state index is 2.64. The van der Waals surface area contributed by atoms with Crippen molar-refractivity contribution in [2.45, 2.75) is 59.3 Å². The summed E-state index contributed by atoms with van der Waals surface area (Å²) in [7, 11) is 0. The Labute approximate surface area is 82.9 Å². The summed E-state index contributed by atoms with van der Waals surface area (Å²) in [5, 5.41) is 0. The van der Waals surface area contributed by atoms with Gasteiger partial charge in [0.2, 0.25) is 0 Å². The zero-order valence-electron chi connectivity index (χ0n) is 9.75. The van der Waals surface area contributed by atoms with Crippen LogP contribution in [0.5, 0.6) is 0 Å². The van der Waals surface area contributed by atoms with Crippen LogP contribution < -0.4 is 0 Å². The molecule has 0 aliphatic carbocycles. The molecule has 0 amide bonds. The molecule has 1 rings (SSSR count). The lowest BCUT2D eigenvalue weighted by Gasteiger charge is -2.33. The first kappa shape index (κ1) is 11.0. The first-order valence-electron chi connectivity index (χ1n) is 5.63. The Morgan fingerprint density at radius 2 is 1.92 bits per heavy atom. The summed E-state index contributed by atoms with van der Waals surface area (Å²) >= 11 is 0. The van der Waals surface area contributed by atoms with Gasteiger partial charge in [-0.25, -0.2) is 0 Å². The van der Waals surface area contributed by atoms with E-state index in [4.69, 9.17) is 0 Å². The van der Waals surface area contributed by atoms with Crippen molar-refractivity contribution in [3.05, 3.63) is 0 Å². The average Bonchev–Trinajstić information content (AvgIpc) is 2.41. The Morgan fingerprint density at radius 3 is 2.31 bits per heavy atom. The van der Waals surface area contributed by atoms with Crippen molar-refractivity contribution in [1.29, 1.82) is 0 Å². The van der Waals surface area contributed by atoms with Crippen molar-refractivity contribution >= 4 is 0 Å². The summed E-state index contributed by atoms with van der Waals surface area (Å²) in [5.41, 5.74) is 0. The second-order valence-electron chi connectivity index (χ2n) is 4.37. The van der Waals surface area contributed by atoms with E-state index < -0.39 is 0 Å². The molecule has 1 fully saturated rings. The highest BCUT2D eigenvalue weighted by Gasteiger charge is 2.35. The maximum absolute atomic E-state index is 2.64. The van der Waals surface area contributed by atoms with Gasteiger partial charge >= 0.3 is 0 Å². The summed E-state index contributed by atoms with van der Waals surface area (Å²) in [4.78, 5) is 5.23. The minimum Gasteiger partial charge on any atom is -0.287 e. The fourth-order valence-electron chi connectivity index (χ4n) is 2.70. The molecular weight excluding hydrogens is 160 g/mol. The lowest BCUT2D eigenvalue weighted by molar-refractivity contribution is 0.0941. The summed E-state index contributed by atoms with van der Waals surface area (Å²) in [6.07, 6.45) is 1.93. The van der Waals surface area contributed by atoms with Gasteiger partial charge in [0.05, 0.1) is 6.17 Å². The molecule has 1 saturated heterocycles. The van der Waals surface area contributed by atoms with Crippen LogP contribution in [0.25, 0.3) is 0 Å². The highest BCUT2D eigenvalue weighted by molar-refractivity contribution is 4.88. The fourth-order valence-corrected chi connectivity index (χ4v) is 2.70. The van der Waals surface area contributed by atoms with Gasteiger partial charge in [0.25, 0.3) is 0 Å². The van der Waals surface area contributed by atoms with Crippen LogP contribution in [0.15, 0.2) is 0 Å². The van der Waals surface area contributed by atoms with E-state index in [1.807, 2.05) is 0 Å². The van der Waals surface area contributed by atoms with Crippen molar-refractivity contribution in [2.75, 3.05) is 13.1 Å². The molecule has 1 aliphatic heterocycles. The zero-order valence-corrected chi connectivity index (χ0v) is 9.75. The monoisotopic (exact) mass is 184 g/mol. The number of rotatable bonds is 3. The average molecular weight is 184 g/mol. The van der Waals surface area contributed by atoms with E-state index in [-0.39, 0.29) is 0 Å². The van der Waals surface area contributed by atoms with E-state index in [9.17, 15) is 0 Å². The molecule has 2 heteroatoms. The largest absolute Gasteiger partial charge is 0.287 e. The van der Waals surface area contributed by atoms with Gasteiger partial charge in [-0.2, -0.15) is 0 Å². The molecule has 0 aromatic carbocycles. The Balaban J connectivity index is 2.70. The van der Waals surface area contributed by atoms with Crippen molar-refractivity contribution < 1.29 is 0 Å². The molecule has 0 saturated carbocycles. The van der Waals surface area contributed by atoms with Gasteiger partial charge in [-0.05, 0) is 33.7 Å². The van der Waals surface area contributed by atoms with Crippen LogP contribution >= 0.6 is 0 Å². The number of hydrogen-bond acceptors (Lipinski definition) is 2. The number of likely N-dealkylation sites (N-methyl/N-ethyl adjacent to an activating group) is 1.